The van der Waals surface area contributed by atoms with Gasteiger partial charge in [0.15, 0.2) is 0 Å². The van der Waals surface area contributed by atoms with Gasteiger partial charge >= 0.3 is 0 Å². The van der Waals surface area contributed by atoms with Gasteiger partial charge in [-0.2, -0.15) is 0 Å². The van der Waals surface area contributed by atoms with Crippen LogP contribution in [0.1, 0.15) is 39.5 Å². The molecule has 0 aromatic rings. The van der Waals surface area contributed by atoms with Gasteiger partial charge in [-0.15, -0.1) is 0 Å². The Labute approximate surface area is 117 Å². The first-order chi connectivity index (χ1) is 9.24. The van der Waals surface area contributed by atoms with E-state index in [0.29, 0.717) is 12.0 Å². The average Bonchev–Trinajstić information content (AvgIpc) is 2.87. The second-order valence-electron chi connectivity index (χ2n) is 5.89. The first-order valence-electron chi connectivity index (χ1n) is 7.97. The molecule has 0 spiro atoms. The SMILES string of the molecule is CCN(CC)CCN1CCCC[C@@H]1[C@H]1CNC(=O)C1. The number of nitrogens with zero attached hydrogens (tertiary/aromatic N) is 2. The van der Waals surface area contributed by atoms with Crippen LogP contribution in [0.25, 0.3) is 0 Å². The van der Waals surface area contributed by atoms with Crippen molar-refractivity contribution in [2.45, 2.75) is 45.6 Å². The predicted molar refractivity (Wildman–Crippen MR) is 78.1 cm³/mol. The molecule has 2 atom stereocenters. The van der Waals surface area contributed by atoms with Crippen molar-refractivity contribution in [1.29, 1.82) is 0 Å². The largest absolute Gasteiger partial charge is 0.356 e. The summed E-state index contributed by atoms with van der Waals surface area (Å²) in [4.78, 5) is 16.6. The van der Waals surface area contributed by atoms with Crippen LogP contribution in [-0.4, -0.2) is 61.0 Å². The van der Waals surface area contributed by atoms with E-state index in [2.05, 4.69) is 29.0 Å². The van der Waals surface area contributed by atoms with E-state index in [4.69, 9.17) is 0 Å². The van der Waals surface area contributed by atoms with E-state index < -0.39 is 0 Å². The molecule has 0 saturated carbocycles. The molecule has 1 amide bonds. The number of hydrogen-bond acceptors (Lipinski definition) is 3. The zero-order valence-corrected chi connectivity index (χ0v) is 12.5. The molecule has 0 aromatic carbocycles. The van der Waals surface area contributed by atoms with Gasteiger partial charge in [0.05, 0.1) is 0 Å². The molecule has 1 N–H and O–H groups in total. The minimum absolute atomic E-state index is 0.249. The molecule has 2 rings (SSSR count). The smallest absolute Gasteiger partial charge is 0.220 e. The number of hydrogen-bond donors (Lipinski definition) is 1. The predicted octanol–water partition coefficient (Wildman–Crippen LogP) is 1.32. The molecule has 110 valence electrons. The van der Waals surface area contributed by atoms with Gasteiger partial charge in [-0.1, -0.05) is 20.3 Å². The topological polar surface area (TPSA) is 35.6 Å². The van der Waals surface area contributed by atoms with Gasteiger partial charge in [0, 0.05) is 38.0 Å². The third-order valence-corrected chi connectivity index (χ3v) is 4.82. The molecule has 4 heteroatoms. The van der Waals surface area contributed by atoms with Crippen molar-refractivity contribution < 1.29 is 4.79 Å². The van der Waals surface area contributed by atoms with Crippen LogP contribution in [0.4, 0.5) is 0 Å². The third kappa shape index (κ3) is 3.93. The molecular weight excluding hydrogens is 238 g/mol. The van der Waals surface area contributed by atoms with E-state index in [-0.39, 0.29) is 5.91 Å². The van der Waals surface area contributed by atoms with E-state index in [1.807, 2.05) is 0 Å². The van der Waals surface area contributed by atoms with E-state index in [9.17, 15) is 4.79 Å². The minimum atomic E-state index is 0.249. The fourth-order valence-corrected chi connectivity index (χ4v) is 3.54. The second-order valence-corrected chi connectivity index (χ2v) is 5.89. The molecule has 4 nitrogen and oxygen atoms in total. The zero-order chi connectivity index (χ0) is 13.7. The third-order valence-electron chi connectivity index (χ3n) is 4.82. The summed E-state index contributed by atoms with van der Waals surface area (Å²) >= 11 is 0. The van der Waals surface area contributed by atoms with Crippen LogP contribution in [0.2, 0.25) is 0 Å². The first kappa shape index (κ1) is 14.8. The molecule has 19 heavy (non-hydrogen) atoms. The van der Waals surface area contributed by atoms with Crippen LogP contribution in [0.3, 0.4) is 0 Å². The van der Waals surface area contributed by atoms with Crippen LogP contribution >= 0.6 is 0 Å². The lowest BCUT2D eigenvalue weighted by Gasteiger charge is -2.39. The molecule has 0 aromatic heterocycles. The Bertz CT molecular complexity index is 291. The summed E-state index contributed by atoms with van der Waals surface area (Å²) in [6.07, 6.45) is 4.67. The lowest BCUT2D eigenvalue weighted by molar-refractivity contribution is -0.119. The normalized spacial score (nSPS) is 28.9. The number of rotatable bonds is 6. The summed E-state index contributed by atoms with van der Waals surface area (Å²) < 4.78 is 0. The van der Waals surface area contributed by atoms with Gasteiger partial charge in [-0.05, 0) is 32.5 Å². The zero-order valence-electron chi connectivity index (χ0n) is 12.5. The number of amides is 1. The van der Waals surface area contributed by atoms with Gasteiger partial charge in [-0.3, -0.25) is 9.69 Å². The lowest BCUT2D eigenvalue weighted by atomic mass is 9.89. The Kier molecular flexibility index (Phi) is 5.64. The van der Waals surface area contributed by atoms with E-state index in [0.717, 1.165) is 39.1 Å². The molecule has 0 aliphatic carbocycles. The van der Waals surface area contributed by atoms with Gasteiger partial charge in [0.25, 0.3) is 0 Å². The van der Waals surface area contributed by atoms with Crippen molar-refractivity contribution in [2.24, 2.45) is 5.92 Å². The Morgan fingerprint density at radius 2 is 2.11 bits per heavy atom. The van der Waals surface area contributed by atoms with Gasteiger partial charge < -0.3 is 10.2 Å². The van der Waals surface area contributed by atoms with E-state index in [1.54, 1.807) is 0 Å². The lowest BCUT2D eigenvalue weighted by Crippen LogP contribution is -2.47. The monoisotopic (exact) mass is 267 g/mol. The molecule has 2 fully saturated rings. The molecule has 2 aliphatic rings. The van der Waals surface area contributed by atoms with Crippen LogP contribution in [0, 0.1) is 5.92 Å². The summed E-state index contributed by atoms with van der Waals surface area (Å²) in [5.74, 6) is 0.795. The molecule has 2 heterocycles. The maximum atomic E-state index is 11.4. The van der Waals surface area contributed by atoms with Crippen LogP contribution in [0.15, 0.2) is 0 Å². The number of nitrogens with one attached hydrogen (secondary N) is 1. The Morgan fingerprint density at radius 3 is 2.74 bits per heavy atom. The van der Waals surface area contributed by atoms with Crippen molar-refractivity contribution in [3.05, 3.63) is 0 Å². The summed E-state index contributed by atoms with van der Waals surface area (Å²) in [6.45, 7) is 11.2. The summed E-state index contributed by atoms with van der Waals surface area (Å²) in [7, 11) is 0. The van der Waals surface area contributed by atoms with Crippen molar-refractivity contribution in [3.63, 3.8) is 0 Å². The second kappa shape index (κ2) is 7.25. The number of carbonyl (C=O) groups is 1. The fourth-order valence-electron chi connectivity index (χ4n) is 3.54. The van der Waals surface area contributed by atoms with Crippen molar-refractivity contribution in [1.82, 2.24) is 15.1 Å². The first-order valence-corrected chi connectivity index (χ1v) is 7.97. The minimum Gasteiger partial charge on any atom is -0.356 e. The number of carbonyl (C=O) groups excluding carboxylic acids is 1. The highest BCUT2D eigenvalue weighted by Crippen LogP contribution is 2.27. The fraction of sp³-hybridized carbons (Fsp3) is 0.933. The summed E-state index contributed by atoms with van der Waals surface area (Å²) in [5.41, 5.74) is 0. The highest BCUT2D eigenvalue weighted by molar-refractivity contribution is 5.78. The molecule has 0 radical (unpaired) electrons. The van der Waals surface area contributed by atoms with Gasteiger partial charge in [-0.25, -0.2) is 0 Å². The Balaban J connectivity index is 1.86. The molecular formula is C15H29N3O. The number of piperidine rings is 1. The average molecular weight is 267 g/mol. The standard InChI is InChI=1S/C15H29N3O/c1-3-17(4-2)9-10-18-8-6-5-7-14(18)13-11-15(19)16-12-13/h13-14H,3-12H2,1-2H3,(H,16,19)/t13-,14-/m1/s1. The van der Waals surface area contributed by atoms with Gasteiger partial charge in [0.1, 0.15) is 0 Å². The van der Waals surface area contributed by atoms with E-state index in [1.165, 1.54) is 25.8 Å². The number of likely N-dealkylation sites (N-methyl/N-ethyl adjacent to an activating group) is 1. The molecule has 2 saturated heterocycles. The van der Waals surface area contributed by atoms with Crippen molar-refractivity contribution >= 4 is 5.91 Å². The van der Waals surface area contributed by atoms with Crippen LogP contribution < -0.4 is 5.32 Å². The highest BCUT2D eigenvalue weighted by Gasteiger charge is 2.34. The van der Waals surface area contributed by atoms with Crippen molar-refractivity contribution in [3.8, 4) is 0 Å². The van der Waals surface area contributed by atoms with Crippen LogP contribution in [0.5, 0.6) is 0 Å². The van der Waals surface area contributed by atoms with Crippen molar-refractivity contribution in [2.75, 3.05) is 39.3 Å². The number of likely N-dealkylation sites (tertiary alicyclic amines) is 1. The highest BCUT2D eigenvalue weighted by atomic mass is 16.1. The molecule has 0 unspecified atom stereocenters. The molecule has 2 aliphatic heterocycles. The van der Waals surface area contributed by atoms with Crippen LogP contribution in [-0.2, 0) is 4.79 Å². The summed E-state index contributed by atoms with van der Waals surface area (Å²) in [5, 5.41) is 3.00. The Hall–Kier alpha value is -0.610. The summed E-state index contributed by atoms with van der Waals surface area (Å²) in [6, 6.07) is 0.628. The Morgan fingerprint density at radius 1 is 1.32 bits per heavy atom. The maximum absolute atomic E-state index is 11.4. The quantitative estimate of drug-likeness (QED) is 0.788. The van der Waals surface area contributed by atoms with E-state index >= 15 is 0 Å². The maximum Gasteiger partial charge on any atom is 0.220 e. The molecule has 0 bridgehead atoms. The van der Waals surface area contributed by atoms with Gasteiger partial charge in [0.2, 0.25) is 5.91 Å².